The number of para-hydroxylation sites is 1. The Morgan fingerprint density at radius 1 is 1.10 bits per heavy atom. The van der Waals surface area contributed by atoms with Crippen LogP contribution in [0.2, 0.25) is 0 Å². The highest BCUT2D eigenvalue weighted by Crippen LogP contribution is 2.49. The quantitative estimate of drug-likeness (QED) is 0.585. The topological polar surface area (TPSA) is 42.0 Å². The van der Waals surface area contributed by atoms with E-state index in [-0.39, 0.29) is 5.97 Å². The summed E-state index contributed by atoms with van der Waals surface area (Å²) in [6.45, 7) is 7.81. The SMILES string of the molecule is CCCN1c2ccc(CC(OCC)C(=O)OCC)cc2C2CCc3ccccc3N21. The highest BCUT2D eigenvalue weighted by molar-refractivity contribution is 5.76. The Labute approximate surface area is 179 Å². The third kappa shape index (κ3) is 3.79. The zero-order valence-corrected chi connectivity index (χ0v) is 18.3. The Bertz CT molecular complexity index is 898. The van der Waals surface area contributed by atoms with Crippen molar-refractivity contribution in [2.75, 3.05) is 29.8 Å². The molecule has 5 heteroatoms. The zero-order chi connectivity index (χ0) is 21.1. The van der Waals surface area contributed by atoms with Gasteiger partial charge >= 0.3 is 5.97 Å². The number of hydrazine groups is 1. The van der Waals surface area contributed by atoms with E-state index in [0.717, 1.165) is 31.4 Å². The number of hydrogen-bond donors (Lipinski definition) is 0. The minimum Gasteiger partial charge on any atom is -0.464 e. The first-order valence-corrected chi connectivity index (χ1v) is 11.2. The van der Waals surface area contributed by atoms with Gasteiger partial charge in [0.25, 0.3) is 0 Å². The van der Waals surface area contributed by atoms with E-state index < -0.39 is 6.10 Å². The van der Waals surface area contributed by atoms with Crippen LogP contribution >= 0.6 is 0 Å². The molecule has 0 aromatic heterocycles. The van der Waals surface area contributed by atoms with E-state index in [4.69, 9.17) is 9.47 Å². The van der Waals surface area contributed by atoms with Gasteiger partial charge in [-0.05, 0) is 56.4 Å². The lowest BCUT2D eigenvalue weighted by molar-refractivity contribution is -0.156. The molecule has 0 radical (unpaired) electrons. The van der Waals surface area contributed by atoms with Crippen molar-refractivity contribution in [3.63, 3.8) is 0 Å². The van der Waals surface area contributed by atoms with Crippen molar-refractivity contribution in [1.82, 2.24) is 0 Å². The smallest absolute Gasteiger partial charge is 0.335 e. The Morgan fingerprint density at radius 2 is 1.93 bits per heavy atom. The number of ether oxygens (including phenoxy) is 2. The summed E-state index contributed by atoms with van der Waals surface area (Å²) < 4.78 is 10.9. The van der Waals surface area contributed by atoms with E-state index in [1.54, 1.807) is 0 Å². The van der Waals surface area contributed by atoms with Gasteiger partial charge in [-0.2, -0.15) is 0 Å². The number of benzene rings is 2. The van der Waals surface area contributed by atoms with Crippen LogP contribution < -0.4 is 10.0 Å². The normalized spacial score (nSPS) is 17.9. The summed E-state index contributed by atoms with van der Waals surface area (Å²) in [7, 11) is 0. The summed E-state index contributed by atoms with van der Waals surface area (Å²) in [6, 6.07) is 15.7. The van der Waals surface area contributed by atoms with Crippen LogP contribution in [0.5, 0.6) is 0 Å². The minimum absolute atomic E-state index is 0.277. The largest absolute Gasteiger partial charge is 0.464 e. The highest BCUT2D eigenvalue weighted by atomic mass is 16.6. The van der Waals surface area contributed by atoms with E-state index in [1.807, 2.05) is 13.8 Å². The standard InChI is InChI=1S/C25H32N2O3/c1-4-15-26-22-13-11-18(17-24(29-5-2)25(28)30-6-3)16-20(22)23-14-12-19-9-7-8-10-21(19)27(23)26/h7-11,13,16,23-24H,4-6,12,14-15,17H2,1-3H3. The van der Waals surface area contributed by atoms with Crippen molar-refractivity contribution in [3.05, 3.63) is 59.2 Å². The van der Waals surface area contributed by atoms with Gasteiger partial charge in [0, 0.05) is 25.1 Å². The molecule has 30 heavy (non-hydrogen) atoms. The third-order valence-corrected chi connectivity index (χ3v) is 5.98. The minimum atomic E-state index is -0.552. The van der Waals surface area contributed by atoms with Gasteiger partial charge in [0.15, 0.2) is 6.10 Å². The monoisotopic (exact) mass is 408 g/mol. The summed E-state index contributed by atoms with van der Waals surface area (Å²) in [6.07, 6.45) is 3.26. The van der Waals surface area contributed by atoms with Crippen LogP contribution in [0.3, 0.4) is 0 Å². The molecule has 0 N–H and O–H groups in total. The molecule has 0 aliphatic carbocycles. The zero-order valence-electron chi connectivity index (χ0n) is 18.3. The molecule has 0 fully saturated rings. The predicted molar refractivity (Wildman–Crippen MR) is 120 cm³/mol. The average Bonchev–Trinajstić information content (AvgIpc) is 3.07. The molecule has 0 saturated heterocycles. The fourth-order valence-electron chi connectivity index (χ4n) is 4.76. The maximum Gasteiger partial charge on any atom is 0.335 e. The summed E-state index contributed by atoms with van der Waals surface area (Å²) in [4.78, 5) is 12.3. The molecule has 2 aliphatic rings. The van der Waals surface area contributed by atoms with Crippen molar-refractivity contribution in [2.45, 2.75) is 58.6 Å². The first-order valence-electron chi connectivity index (χ1n) is 11.2. The maximum absolute atomic E-state index is 12.3. The van der Waals surface area contributed by atoms with Crippen LogP contribution in [0.1, 0.15) is 56.3 Å². The van der Waals surface area contributed by atoms with Crippen LogP contribution in [0.15, 0.2) is 42.5 Å². The second kappa shape index (κ2) is 9.09. The molecule has 0 saturated carbocycles. The van der Waals surface area contributed by atoms with Crippen molar-refractivity contribution in [2.24, 2.45) is 0 Å². The number of aryl methyl sites for hydroxylation is 1. The molecule has 5 nitrogen and oxygen atoms in total. The molecule has 2 aliphatic heterocycles. The highest BCUT2D eigenvalue weighted by Gasteiger charge is 2.39. The van der Waals surface area contributed by atoms with Crippen LogP contribution in [0.25, 0.3) is 0 Å². The molecular formula is C25H32N2O3. The van der Waals surface area contributed by atoms with Gasteiger partial charge in [-0.3, -0.25) is 10.0 Å². The number of fused-ring (bicyclic) bond motifs is 5. The summed E-state index contributed by atoms with van der Waals surface area (Å²) >= 11 is 0. The Balaban J connectivity index is 1.65. The molecule has 2 heterocycles. The average molecular weight is 409 g/mol. The Morgan fingerprint density at radius 3 is 2.70 bits per heavy atom. The molecule has 0 amide bonds. The lowest BCUT2D eigenvalue weighted by atomic mass is 9.92. The van der Waals surface area contributed by atoms with Crippen LogP contribution in [0.4, 0.5) is 11.4 Å². The first kappa shape index (κ1) is 20.7. The molecule has 2 aromatic carbocycles. The maximum atomic E-state index is 12.3. The number of nitrogens with zero attached hydrogens (tertiary/aromatic N) is 2. The second-order valence-corrected chi connectivity index (χ2v) is 7.94. The van der Waals surface area contributed by atoms with Gasteiger partial charge in [-0.15, -0.1) is 0 Å². The van der Waals surface area contributed by atoms with Crippen molar-refractivity contribution in [3.8, 4) is 0 Å². The van der Waals surface area contributed by atoms with Crippen LogP contribution in [0, 0.1) is 0 Å². The van der Waals surface area contributed by atoms with E-state index >= 15 is 0 Å². The third-order valence-electron chi connectivity index (χ3n) is 5.98. The fourth-order valence-corrected chi connectivity index (χ4v) is 4.76. The lowest BCUT2D eigenvalue weighted by Crippen LogP contribution is -2.42. The number of carbonyl (C=O) groups is 1. The number of anilines is 2. The van der Waals surface area contributed by atoms with Gasteiger partial charge in [-0.1, -0.05) is 37.3 Å². The molecule has 2 aromatic rings. The summed E-state index contributed by atoms with van der Waals surface area (Å²) in [5.74, 6) is -0.277. The first-order chi connectivity index (χ1) is 14.7. The van der Waals surface area contributed by atoms with E-state index in [2.05, 4.69) is 59.4 Å². The molecule has 4 rings (SSSR count). The number of hydrogen-bond acceptors (Lipinski definition) is 5. The molecule has 0 spiro atoms. The predicted octanol–water partition coefficient (Wildman–Crippen LogP) is 4.84. The van der Waals surface area contributed by atoms with Gasteiger partial charge in [0.2, 0.25) is 0 Å². The number of carbonyl (C=O) groups excluding carboxylic acids is 1. The molecule has 2 atom stereocenters. The van der Waals surface area contributed by atoms with Crippen molar-refractivity contribution < 1.29 is 14.3 Å². The van der Waals surface area contributed by atoms with E-state index in [1.165, 1.54) is 22.5 Å². The van der Waals surface area contributed by atoms with Gasteiger partial charge in [0.1, 0.15) is 0 Å². The summed E-state index contributed by atoms with van der Waals surface area (Å²) in [5, 5.41) is 4.93. The molecular weight excluding hydrogens is 376 g/mol. The molecule has 160 valence electrons. The van der Waals surface area contributed by atoms with Crippen LogP contribution in [-0.2, 0) is 27.1 Å². The van der Waals surface area contributed by atoms with Gasteiger partial charge < -0.3 is 9.47 Å². The van der Waals surface area contributed by atoms with E-state index in [0.29, 0.717) is 25.7 Å². The van der Waals surface area contributed by atoms with Gasteiger partial charge in [0.05, 0.1) is 24.0 Å². The Hall–Kier alpha value is -2.53. The lowest BCUT2D eigenvalue weighted by Gasteiger charge is -2.40. The molecule has 0 bridgehead atoms. The van der Waals surface area contributed by atoms with Gasteiger partial charge in [-0.25, -0.2) is 4.79 Å². The van der Waals surface area contributed by atoms with Crippen molar-refractivity contribution >= 4 is 17.3 Å². The number of esters is 1. The van der Waals surface area contributed by atoms with Crippen LogP contribution in [-0.4, -0.2) is 31.8 Å². The second-order valence-electron chi connectivity index (χ2n) is 7.94. The summed E-state index contributed by atoms with van der Waals surface area (Å²) in [5.41, 5.74) is 6.50. The molecule has 2 unspecified atom stereocenters. The number of rotatable bonds is 8. The van der Waals surface area contributed by atoms with E-state index in [9.17, 15) is 4.79 Å². The fraction of sp³-hybridized carbons (Fsp3) is 0.480. The van der Waals surface area contributed by atoms with Crippen molar-refractivity contribution in [1.29, 1.82) is 0 Å². The Kier molecular flexibility index (Phi) is 6.28.